The van der Waals surface area contributed by atoms with Gasteiger partial charge in [-0.05, 0) is 57.8 Å². The fourth-order valence-electron chi connectivity index (χ4n) is 13.2. The van der Waals surface area contributed by atoms with Crippen molar-refractivity contribution >= 4 is 43.5 Å². The molecule has 0 saturated carbocycles. The van der Waals surface area contributed by atoms with E-state index in [0.717, 1.165) is 180 Å². The van der Waals surface area contributed by atoms with Gasteiger partial charge in [-0.2, -0.15) is 0 Å². The predicted octanol–water partition coefficient (Wildman–Crippen LogP) is 19.8. The van der Waals surface area contributed by atoms with Gasteiger partial charge in [0.15, 0.2) is 12.4 Å². The van der Waals surface area contributed by atoms with Gasteiger partial charge < -0.3 is 53.9 Å². The van der Waals surface area contributed by atoms with E-state index in [1.165, 1.54) is 96.3 Å². The normalized spacial score (nSPS) is 17.2. The monoisotopic (exact) mass is 1430 g/mol. The van der Waals surface area contributed by atoms with E-state index in [4.69, 9.17) is 32.9 Å². The first-order valence-corrected chi connectivity index (χ1v) is 42.5. The molecule has 5 N–H and O–H groups in total. The molecule has 1 aliphatic rings. The van der Waals surface area contributed by atoms with Crippen molar-refractivity contribution in [3.05, 3.63) is 0 Å². The summed E-state index contributed by atoms with van der Waals surface area (Å²) >= 11 is 0. The number of aliphatic hydroxyl groups excluding tert-OH is 1. The SMILES string of the molecule is CCCCCCCCCCC[C@H](CC(=O)NCOC1OC(CO)[C@@H](OP(=O)(O)O)[C@H](OC(=O)C[C@@H](CCCCCCCCCCC)OC(=O)CCCCCCCCC)[C@@H]1NC(=O)C[C@@H](CCCCCCCCCCC)OC(=O)CCCCCCCCC)OC(=O)CCCCCCCCC. The van der Waals surface area contributed by atoms with E-state index in [-0.39, 0.29) is 38.1 Å². The topological polar surface area (TPSA) is 269 Å². The predicted molar refractivity (Wildman–Crippen MR) is 395 cm³/mol. The van der Waals surface area contributed by atoms with Crippen molar-refractivity contribution < 1.29 is 81.2 Å². The second-order valence-corrected chi connectivity index (χ2v) is 29.9. The van der Waals surface area contributed by atoms with Gasteiger partial charge in [0.1, 0.15) is 43.3 Å². The number of hydrogen-bond donors (Lipinski definition) is 5. The van der Waals surface area contributed by atoms with E-state index in [0.29, 0.717) is 51.4 Å². The van der Waals surface area contributed by atoms with Gasteiger partial charge >= 0.3 is 31.7 Å². The number of amides is 2. The van der Waals surface area contributed by atoms with Crippen LogP contribution in [-0.2, 0) is 66.3 Å². The summed E-state index contributed by atoms with van der Waals surface area (Å²) in [7, 11) is -5.48. The molecule has 20 heteroatoms. The summed E-state index contributed by atoms with van der Waals surface area (Å²) in [6.07, 6.45) is 41.2. The molecule has 1 heterocycles. The lowest BCUT2D eigenvalue weighted by Gasteiger charge is -2.45. The molecular formula is C79H149N2O17P. The van der Waals surface area contributed by atoms with Crippen molar-refractivity contribution in [3.63, 3.8) is 0 Å². The minimum absolute atomic E-state index is 0.163. The Morgan fingerprint density at radius 3 is 0.990 bits per heavy atom. The van der Waals surface area contributed by atoms with Gasteiger partial charge in [0.05, 0.1) is 25.9 Å². The molecule has 2 amide bonds. The van der Waals surface area contributed by atoms with Crippen molar-refractivity contribution in [1.82, 2.24) is 10.6 Å². The summed E-state index contributed by atoms with van der Waals surface area (Å²) in [5.74, 6) is -3.41. The zero-order valence-corrected chi connectivity index (χ0v) is 64.7. The highest BCUT2D eigenvalue weighted by molar-refractivity contribution is 7.46. The minimum Gasteiger partial charge on any atom is -0.462 e. The first-order valence-electron chi connectivity index (χ1n) is 41.0. The molecule has 1 fully saturated rings. The Balaban J connectivity index is 3.74. The van der Waals surface area contributed by atoms with Crippen molar-refractivity contribution in [1.29, 1.82) is 0 Å². The number of unbranched alkanes of at least 4 members (excludes halogenated alkanes) is 42. The lowest BCUT2D eigenvalue weighted by Crippen LogP contribution is -2.66. The van der Waals surface area contributed by atoms with E-state index >= 15 is 0 Å². The number of phosphoric ester groups is 1. The van der Waals surface area contributed by atoms with Crippen LogP contribution < -0.4 is 10.6 Å². The van der Waals surface area contributed by atoms with Crippen molar-refractivity contribution in [2.24, 2.45) is 0 Å². The smallest absolute Gasteiger partial charge is 0.462 e. The molecule has 2 unspecified atom stereocenters. The average molecular weight is 1430 g/mol. The maximum atomic E-state index is 14.8. The van der Waals surface area contributed by atoms with Crippen LogP contribution in [0.15, 0.2) is 0 Å². The maximum Gasteiger partial charge on any atom is 0.470 e. The molecule has 1 saturated heterocycles. The average Bonchev–Trinajstić information content (AvgIpc) is 0.783. The van der Waals surface area contributed by atoms with E-state index in [1.807, 2.05) is 0 Å². The Morgan fingerprint density at radius 2 is 0.677 bits per heavy atom. The van der Waals surface area contributed by atoms with Gasteiger partial charge in [0, 0.05) is 19.3 Å². The Kier molecular flexibility index (Phi) is 62.1. The molecule has 0 aromatic carbocycles. The summed E-state index contributed by atoms with van der Waals surface area (Å²) in [4.78, 5) is 105. The maximum absolute atomic E-state index is 14.8. The Bertz CT molecular complexity index is 2010. The van der Waals surface area contributed by atoms with Gasteiger partial charge in [-0.25, -0.2) is 4.57 Å². The summed E-state index contributed by atoms with van der Waals surface area (Å²) in [5, 5.41) is 16.5. The number of ether oxygens (including phenoxy) is 6. The number of rotatable bonds is 71. The van der Waals surface area contributed by atoms with E-state index < -0.39 is 106 Å². The first kappa shape index (κ1) is 93.8. The van der Waals surface area contributed by atoms with E-state index in [9.17, 15) is 48.2 Å². The van der Waals surface area contributed by atoms with Crippen LogP contribution in [-0.4, -0.2) is 113 Å². The molecule has 0 radical (unpaired) electrons. The molecule has 19 nitrogen and oxygen atoms in total. The summed E-state index contributed by atoms with van der Waals surface area (Å²) in [6.45, 7) is 11.6. The number of hydrogen-bond acceptors (Lipinski definition) is 15. The highest BCUT2D eigenvalue weighted by Gasteiger charge is 2.52. The molecule has 0 bridgehead atoms. The second kappa shape index (κ2) is 65.6. The summed E-state index contributed by atoms with van der Waals surface area (Å²) in [5.41, 5.74) is 0. The molecule has 0 aromatic rings. The molecule has 0 aromatic heterocycles. The van der Waals surface area contributed by atoms with Crippen LogP contribution in [0, 0.1) is 0 Å². The molecule has 1 aliphatic heterocycles. The highest BCUT2D eigenvalue weighted by atomic mass is 31.2. The third-order valence-electron chi connectivity index (χ3n) is 19.2. The summed E-state index contributed by atoms with van der Waals surface area (Å²) < 4.78 is 55.0. The molecule has 1 rings (SSSR count). The molecule has 0 spiro atoms. The van der Waals surface area contributed by atoms with E-state index in [2.05, 4.69) is 52.2 Å². The Labute approximate surface area is 602 Å². The fourth-order valence-corrected chi connectivity index (χ4v) is 13.7. The number of esters is 4. The largest absolute Gasteiger partial charge is 0.470 e. The lowest BCUT2D eigenvalue weighted by molar-refractivity contribution is -0.272. The lowest BCUT2D eigenvalue weighted by atomic mass is 9.96. The third kappa shape index (κ3) is 55.0. The van der Waals surface area contributed by atoms with Crippen LogP contribution in [0.1, 0.15) is 408 Å². The minimum atomic E-state index is -5.48. The van der Waals surface area contributed by atoms with Crippen LogP contribution >= 0.6 is 7.82 Å². The first-order chi connectivity index (χ1) is 48.0. The van der Waals surface area contributed by atoms with Gasteiger partial charge in [0.2, 0.25) is 11.8 Å². The van der Waals surface area contributed by atoms with Crippen LogP contribution in [0.4, 0.5) is 0 Å². The quantitative estimate of drug-likeness (QED) is 0.0124. The number of aliphatic hydroxyl groups is 1. The van der Waals surface area contributed by atoms with Gasteiger partial charge in [-0.3, -0.25) is 33.3 Å². The number of carbonyl (C=O) groups is 6. The van der Waals surface area contributed by atoms with E-state index in [1.54, 1.807) is 0 Å². The van der Waals surface area contributed by atoms with Crippen molar-refractivity contribution in [2.45, 2.75) is 456 Å². The van der Waals surface area contributed by atoms with Crippen molar-refractivity contribution in [3.8, 4) is 0 Å². The molecule has 8 atom stereocenters. The molecule has 0 aliphatic carbocycles. The summed E-state index contributed by atoms with van der Waals surface area (Å²) in [6, 6.07) is -1.63. The number of nitrogens with one attached hydrogen (secondary N) is 2. The van der Waals surface area contributed by atoms with Crippen LogP contribution in [0.25, 0.3) is 0 Å². The zero-order valence-electron chi connectivity index (χ0n) is 63.8. The number of carbonyl (C=O) groups excluding carboxylic acids is 6. The Morgan fingerprint density at radius 1 is 0.384 bits per heavy atom. The standard InChI is InChI=1S/C79H149N2O17P/c1-7-13-19-25-31-34-40-43-49-55-66(93-72(85)58-52-46-37-28-22-16-10-4)61-70(83)80-65-92-79-76(81-71(84)62-67(56-50-44-41-35-32-26-20-14-8-2)94-73(86)59-53-47-38-29-23-17-11-5)78(77(69(64-82)96-79)98-99(89,90)91)97-75(88)63-68(57-51-45-42-36-33-27-21-15-9-3)95-74(87)60-54-48-39-30-24-18-12-6/h66-69,76-79,82H,7-65H2,1-6H3,(H,80,83)(H,81,84)(H2,89,90,91)/t66-,67-,68-,69?,76+,77-,78-,79?/m1/s1. The second-order valence-electron chi connectivity index (χ2n) is 28.7. The Hall–Kier alpha value is -3.19. The van der Waals surface area contributed by atoms with Crippen molar-refractivity contribution in [2.75, 3.05) is 13.3 Å². The highest BCUT2D eigenvalue weighted by Crippen LogP contribution is 2.42. The molecule has 99 heavy (non-hydrogen) atoms. The van der Waals surface area contributed by atoms with Crippen LogP contribution in [0.5, 0.6) is 0 Å². The third-order valence-corrected chi connectivity index (χ3v) is 19.7. The fraction of sp³-hybridized carbons (Fsp3) is 0.924. The molecule has 582 valence electrons. The van der Waals surface area contributed by atoms with Crippen LogP contribution in [0.3, 0.4) is 0 Å². The van der Waals surface area contributed by atoms with Crippen LogP contribution in [0.2, 0.25) is 0 Å². The number of phosphoric acid groups is 1. The van der Waals surface area contributed by atoms with Gasteiger partial charge in [-0.15, -0.1) is 0 Å². The van der Waals surface area contributed by atoms with Gasteiger partial charge in [0.25, 0.3) is 0 Å². The molecular weight excluding hydrogens is 1280 g/mol. The van der Waals surface area contributed by atoms with Gasteiger partial charge in [-0.1, -0.05) is 311 Å². The zero-order chi connectivity index (χ0) is 72.7.